The highest BCUT2D eigenvalue weighted by molar-refractivity contribution is 5.86. The largest absolute Gasteiger partial charge is 0.550 e. The van der Waals surface area contributed by atoms with Crippen LogP contribution in [0.5, 0.6) is 0 Å². The van der Waals surface area contributed by atoms with Crippen LogP contribution in [0.4, 0.5) is 0 Å². The Balaban J connectivity index is 0.000000205. The minimum absolute atomic E-state index is 0.0287. The van der Waals surface area contributed by atoms with E-state index in [-0.39, 0.29) is 42.4 Å². The summed E-state index contributed by atoms with van der Waals surface area (Å²) in [5.74, 6) is -5.67. The molecule has 2 N–H and O–H groups in total. The summed E-state index contributed by atoms with van der Waals surface area (Å²) in [5, 5.41) is 37.2. The molecule has 0 saturated carbocycles. The van der Waals surface area contributed by atoms with E-state index in [0.29, 0.717) is 0 Å². The molecule has 1 atom stereocenters. The van der Waals surface area contributed by atoms with Gasteiger partial charge in [-0.1, -0.05) is 72.8 Å². The lowest BCUT2D eigenvalue weighted by Crippen LogP contribution is -3.61. The van der Waals surface area contributed by atoms with Crippen molar-refractivity contribution in [3.05, 3.63) is 136 Å². The predicted molar refractivity (Wildman–Crippen MR) is 132 cm³/mol. The molecule has 0 heterocycles. The van der Waals surface area contributed by atoms with Gasteiger partial charge in [0.2, 0.25) is 0 Å². The van der Waals surface area contributed by atoms with Crippen molar-refractivity contribution in [2.24, 2.45) is 0 Å². The summed E-state index contributed by atoms with van der Waals surface area (Å²) in [6, 6.07) is 42.8. The van der Waals surface area contributed by atoms with Crippen LogP contribution in [-0.4, -0.2) is 33.7 Å². The third-order valence-electron chi connectivity index (χ3n) is 4.63. The second-order valence-corrected chi connectivity index (χ2v) is 13.9. The van der Waals surface area contributed by atoms with Crippen molar-refractivity contribution in [1.82, 2.24) is 0 Å². The lowest BCUT2D eigenvalue weighted by Gasteiger charge is -2.27. The average Bonchev–Trinajstić information content (AvgIpc) is 2.91. The molecule has 4 aromatic carbocycles. The standard InChI is InChI=1S/2C12H10I.C6H8O7/c2*1-3-7-11(8-4-1)13-12-9-5-2-6-10-12;7-3(8)1-6(13,5(11)12)2-4(9)10/h2*1-10H;13H,1-2H2,(H,7,8)(H,9,10)(H,11,12)/q2*+1;/p-2. The SMILES string of the molecule is O=C([O-])CC(O)(CC(=O)O)C(=O)[O-].c1ccc([I+]c2ccccc2)cc1.c1ccc([I+]c2ccccc2)cc1. The first-order valence-electron chi connectivity index (χ1n) is 11.5. The third-order valence-corrected chi connectivity index (χ3v) is 10.00. The fraction of sp³-hybridized carbons (Fsp3) is 0.100. The number of carboxylic acid groups (broad SMARTS) is 3. The molecule has 39 heavy (non-hydrogen) atoms. The molecule has 0 spiro atoms. The van der Waals surface area contributed by atoms with Gasteiger partial charge in [0.25, 0.3) is 0 Å². The van der Waals surface area contributed by atoms with Crippen LogP contribution in [0.25, 0.3) is 0 Å². The van der Waals surface area contributed by atoms with Crippen LogP contribution in [0.2, 0.25) is 0 Å². The zero-order chi connectivity index (χ0) is 28.5. The third kappa shape index (κ3) is 13.4. The molecule has 0 fully saturated rings. The van der Waals surface area contributed by atoms with Crippen LogP contribution in [0.1, 0.15) is 12.8 Å². The Morgan fingerprint density at radius 2 is 0.846 bits per heavy atom. The van der Waals surface area contributed by atoms with Crippen molar-refractivity contribution in [2.45, 2.75) is 18.4 Å². The van der Waals surface area contributed by atoms with Crippen LogP contribution in [-0.2, 0) is 14.4 Å². The number of carbonyl (C=O) groups excluding carboxylic acids is 2. The summed E-state index contributed by atoms with van der Waals surface area (Å²) >= 11 is 0.0574. The van der Waals surface area contributed by atoms with Crippen molar-refractivity contribution in [2.75, 3.05) is 0 Å². The molecule has 0 aromatic heterocycles. The monoisotopic (exact) mass is 752 g/mol. The zero-order valence-corrected chi connectivity index (χ0v) is 25.0. The van der Waals surface area contributed by atoms with Crippen LogP contribution >= 0.6 is 0 Å². The summed E-state index contributed by atoms with van der Waals surface area (Å²) in [6.45, 7) is 0. The lowest BCUT2D eigenvalue weighted by molar-refractivity contribution is -0.597. The first-order chi connectivity index (χ1) is 18.7. The van der Waals surface area contributed by atoms with E-state index < -0.39 is 36.4 Å². The van der Waals surface area contributed by atoms with Gasteiger partial charge in [-0.15, -0.1) is 0 Å². The number of aliphatic carboxylic acids is 3. The molecule has 7 nitrogen and oxygen atoms in total. The van der Waals surface area contributed by atoms with E-state index in [1.54, 1.807) is 0 Å². The zero-order valence-electron chi connectivity index (χ0n) is 20.7. The maximum atomic E-state index is 10.2. The number of carboxylic acids is 3. The molecule has 1 unspecified atom stereocenters. The Bertz CT molecular complexity index is 1120. The summed E-state index contributed by atoms with van der Waals surface area (Å²) in [7, 11) is 0. The molecule has 0 radical (unpaired) electrons. The van der Waals surface area contributed by atoms with Gasteiger partial charge < -0.3 is 30.0 Å². The van der Waals surface area contributed by atoms with Crippen LogP contribution < -0.4 is 52.6 Å². The molecule has 0 bridgehead atoms. The fourth-order valence-electron chi connectivity index (χ4n) is 2.86. The molecule has 202 valence electrons. The molecule has 0 saturated heterocycles. The molecule has 0 amide bonds. The molecular weight excluding hydrogens is 726 g/mol. The first-order valence-corrected chi connectivity index (χ1v) is 15.8. The van der Waals surface area contributed by atoms with E-state index in [2.05, 4.69) is 121 Å². The van der Waals surface area contributed by atoms with Gasteiger partial charge in [-0.05, 0) is 48.5 Å². The van der Waals surface area contributed by atoms with E-state index in [4.69, 9.17) is 10.2 Å². The highest BCUT2D eigenvalue weighted by Gasteiger charge is 2.32. The topological polar surface area (TPSA) is 138 Å². The molecule has 4 aromatic rings. The number of carbonyl (C=O) groups is 3. The van der Waals surface area contributed by atoms with E-state index in [9.17, 15) is 24.6 Å². The van der Waals surface area contributed by atoms with Crippen molar-refractivity contribution >= 4 is 17.9 Å². The summed E-state index contributed by atoms with van der Waals surface area (Å²) < 4.78 is 5.92. The van der Waals surface area contributed by atoms with Gasteiger partial charge in [0.1, 0.15) is 5.60 Å². The minimum Gasteiger partial charge on any atom is -0.550 e. The number of hydrogen-bond acceptors (Lipinski definition) is 6. The summed E-state index contributed by atoms with van der Waals surface area (Å²) in [4.78, 5) is 30.2. The Labute approximate surface area is 247 Å². The lowest BCUT2D eigenvalue weighted by atomic mass is 9.96. The molecule has 0 aliphatic rings. The summed E-state index contributed by atoms with van der Waals surface area (Å²) in [6.07, 6.45) is -2.56. The van der Waals surface area contributed by atoms with Crippen LogP contribution in [0.3, 0.4) is 0 Å². The quantitative estimate of drug-likeness (QED) is 0.165. The second kappa shape index (κ2) is 17.3. The molecular formula is C30H26I2O7. The second-order valence-electron chi connectivity index (χ2n) is 7.81. The Morgan fingerprint density at radius 3 is 1.05 bits per heavy atom. The fourth-order valence-corrected chi connectivity index (χ4v) is 7.40. The maximum Gasteiger partial charge on any atom is 0.357 e. The van der Waals surface area contributed by atoms with Crippen molar-refractivity contribution in [1.29, 1.82) is 0 Å². The van der Waals surface area contributed by atoms with E-state index >= 15 is 0 Å². The van der Waals surface area contributed by atoms with Gasteiger partial charge >= 0.3 is 48.4 Å². The Morgan fingerprint density at radius 1 is 0.564 bits per heavy atom. The molecule has 9 heteroatoms. The predicted octanol–water partition coefficient (Wildman–Crippen LogP) is -4.29. The number of aliphatic hydroxyl groups is 1. The number of benzene rings is 4. The highest BCUT2D eigenvalue weighted by atomic mass is 127. The van der Waals surface area contributed by atoms with E-state index in [1.807, 2.05) is 0 Å². The van der Waals surface area contributed by atoms with Gasteiger partial charge in [0.05, 0.1) is 12.4 Å². The van der Waals surface area contributed by atoms with Crippen molar-refractivity contribution in [3.63, 3.8) is 0 Å². The van der Waals surface area contributed by atoms with Crippen LogP contribution in [0.15, 0.2) is 121 Å². The number of hydrogen-bond donors (Lipinski definition) is 2. The van der Waals surface area contributed by atoms with Gasteiger partial charge in [-0.3, -0.25) is 4.79 Å². The molecule has 0 aliphatic heterocycles. The smallest absolute Gasteiger partial charge is 0.357 e. The van der Waals surface area contributed by atoms with Gasteiger partial charge in [0.15, 0.2) is 14.3 Å². The Kier molecular flexibility index (Phi) is 14.2. The van der Waals surface area contributed by atoms with E-state index in [1.165, 1.54) is 14.3 Å². The van der Waals surface area contributed by atoms with Crippen molar-refractivity contribution in [3.8, 4) is 0 Å². The minimum atomic E-state index is -2.91. The average molecular weight is 752 g/mol. The molecule has 0 aliphatic carbocycles. The van der Waals surface area contributed by atoms with Gasteiger partial charge in [-0.25, -0.2) is 0 Å². The molecule has 4 rings (SSSR count). The van der Waals surface area contributed by atoms with E-state index in [0.717, 1.165) is 0 Å². The summed E-state index contributed by atoms with van der Waals surface area (Å²) in [5.41, 5.74) is -2.91. The normalized spacial score (nSPS) is 11.4. The Hall–Kier alpha value is -3.29. The van der Waals surface area contributed by atoms with Crippen molar-refractivity contribution < 1.29 is 77.2 Å². The van der Waals surface area contributed by atoms with Crippen LogP contribution in [0, 0.1) is 14.3 Å². The maximum absolute atomic E-state index is 10.2. The first kappa shape index (κ1) is 31.9. The van der Waals surface area contributed by atoms with Gasteiger partial charge in [0, 0.05) is 12.4 Å². The highest BCUT2D eigenvalue weighted by Crippen LogP contribution is 2.13. The number of halogens is 2. The van der Waals surface area contributed by atoms with Gasteiger partial charge in [-0.2, -0.15) is 0 Å². The number of rotatable bonds is 9.